The van der Waals surface area contributed by atoms with Crippen LogP contribution < -0.4 is 16.0 Å². The molecule has 1 aliphatic rings. The van der Waals surface area contributed by atoms with Crippen LogP contribution >= 0.6 is 0 Å². The number of hydrogen-bond acceptors (Lipinski definition) is 5. The number of amides is 2. The fourth-order valence-electron chi connectivity index (χ4n) is 2.12. The minimum absolute atomic E-state index is 0.00583. The van der Waals surface area contributed by atoms with Crippen LogP contribution in [0.2, 0.25) is 0 Å². The molecule has 7 nitrogen and oxygen atoms in total. The number of nitrogens with one attached hydrogen (secondary N) is 1. The van der Waals surface area contributed by atoms with Gasteiger partial charge in [0, 0.05) is 11.6 Å². The molecule has 3 rings (SSSR count). The van der Waals surface area contributed by atoms with Crippen molar-refractivity contribution in [1.82, 2.24) is 10.5 Å². The van der Waals surface area contributed by atoms with Gasteiger partial charge in [0.05, 0.1) is 12.2 Å². The molecule has 0 radical (unpaired) electrons. The molecule has 0 aliphatic carbocycles. The van der Waals surface area contributed by atoms with Crippen LogP contribution in [0.5, 0.6) is 0 Å². The second-order valence-electron chi connectivity index (χ2n) is 4.39. The molecular weight excluding hydrogens is 260 g/mol. The summed E-state index contributed by atoms with van der Waals surface area (Å²) < 4.78 is 4.85. The summed E-state index contributed by atoms with van der Waals surface area (Å²) in [5.41, 5.74) is 7.35. The first-order chi connectivity index (χ1) is 9.65. The molecule has 1 fully saturated rings. The van der Waals surface area contributed by atoms with Crippen molar-refractivity contribution in [3.05, 3.63) is 30.3 Å². The third-order valence-corrected chi connectivity index (χ3v) is 3.04. The van der Waals surface area contributed by atoms with Gasteiger partial charge in [0.1, 0.15) is 12.2 Å². The Morgan fingerprint density at radius 2 is 2.10 bits per heavy atom. The highest BCUT2D eigenvalue weighted by molar-refractivity contribution is 6.06. The van der Waals surface area contributed by atoms with E-state index in [9.17, 15) is 9.59 Å². The molecule has 2 aromatic rings. The normalized spacial score (nSPS) is 15.3. The number of piperazine rings is 1. The lowest BCUT2D eigenvalue weighted by atomic mass is 10.1. The van der Waals surface area contributed by atoms with Gasteiger partial charge in [-0.25, -0.2) is 0 Å². The van der Waals surface area contributed by atoms with Crippen molar-refractivity contribution in [3.8, 4) is 11.3 Å². The molecule has 0 atom stereocenters. The Morgan fingerprint density at radius 3 is 2.85 bits per heavy atom. The zero-order valence-electron chi connectivity index (χ0n) is 10.5. The van der Waals surface area contributed by atoms with Crippen LogP contribution in [0.25, 0.3) is 11.3 Å². The molecular formula is C13H12N4O3. The Hall–Kier alpha value is -2.83. The van der Waals surface area contributed by atoms with Gasteiger partial charge in [-0.1, -0.05) is 23.4 Å². The predicted octanol–water partition coefficient (Wildman–Crippen LogP) is 0.387. The summed E-state index contributed by atoms with van der Waals surface area (Å²) in [7, 11) is 0. The molecule has 1 aromatic carbocycles. The molecule has 0 spiro atoms. The minimum Gasteiger partial charge on any atom is -0.368 e. The quantitative estimate of drug-likeness (QED) is 0.823. The number of hydrogen-bond donors (Lipinski definition) is 2. The van der Waals surface area contributed by atoms with Crippen LogP contribution in [0.4, 0.5) is 11.6 Å². The number of nitrogens with zero attached hydrogens (tertiary/aromatic N) is 2. The number of rotatable bonds is 2. The fourth-order valence-corrected chi connectivity index (χ4v) is 2.12. The van der Waals surface area contributed by atoms with Crippen LogP contribution in [0.15, 0.2) is 34.9 Å². The number of anilines is 2. The van der Waals surface area contributed by atoms with E-state index in [2.05, 4.69) is 10.5 Å². The summed E-state index contributed by atoms with van der Waals surface area (Å²) in [5, 5.41) is 6.36. The van der Waals surface area contributed by atoms with Crippen molar-refractivity contribution in [2.24, 2.45) is 0 Å². The van der Waals surface area contributed by atoms with Crippen LogP contribution in [0.3, 0.4) is 0 Å². The minimum atomic E-state index is -0.195. The number of aromatic nitrogens is 1. The fraction of sp³-hybridized carbons (Fsp3) is 0.154. The Morgan fingerprint density at radius 1 is 1.30 bits per heavy atom. The highest BCUT2D eigenvalue weighted by Gasteiger charge is 2.26. The first-order valence-electron chi connectivity index (χ1n) is 6.04. The molecule has 0 bridgehead atoms. The number of nitrogen functional groups attached to an aromatic ring is 1. The van der Waals surface area contributed by atoms with Crippen LogP contribution in [-0.4, -0.2) is 30.1 Å². The number of carbonyl (C=O) groups excluding carboxylic acids is 2. The van der Waals surface area contributed by atoms with Gasteiger partial charge < -0.3 is 20.5 Å². The largest absolute Gasteiger partial charge is 0.368 e. The molecule has 2 heterocycles. The summed E-state index contributed by atoms with van der Waals surface area (Å²) in [6.07, 6.45) is 0. The van der Waals surface area contributed by atoms with Crippen LogP contribution in [0, 0.1) is 0 Å². The SMILES string of the molecule is Nc1cc(-c2ccccc2N2CC(=O)NCC2=O)no1. The van der Waals surface area contributed by atoms with E-state index in [1.54, 1.807) is 24.3 Å². The number of carbonyl (C=O) groups is 2. The van der Waals surface area contributed by atoms with Crippen molar-refractivity contribution in [2.75, 3.05) is 23.7 Å². The Kier molecular flexibility index (Phi) is 2.86. The van der Waals surface area contributed by atoms with Crippen LogP contribution in [-0.2, 0) is 9.59 Å². The summed E-state index contributed by atoms with van der Waals surface area (Å²) in [6.45, 7) is -0.0166. The zero-order chi connectivity index (χ0) is 14.1. The molecule has 0 unspecified atom stereocenters. The molecule has 102 valence electrons. The van der Waals surface area contributed by atoms with Gasteiger partial charge in [-0.05, 0) is 6.07 Å². The Bertz CT molecular complexity index is 680. The second-order valence-corrected chi connectivity index (χ2v) is 4.39. The van der Waals surface area contributed by atoms with Crippen molar-refractivity contribution in [3.63, 3.8) is 0 Å². The molecule has 3 N–H and O–H groups in total. The topological polar surface area (TPSA) is 101 Å². The maximum absolute atomic E-state index is 12.0. The van der Waals surface area contributed by atoms with E-state index >= 15 is 0 Å². The summed E-state index contributed by atoms with van der Waals surface area (Å²) in [4.78, 5) is 24.9. The van der Waals surface area contributed by atoms with Gasteiger partial charge in [-0.2, -0.15) is 0 Å². The second kappa shape index (κ2) is 4.69. The average Bonchev–Trinajstić information content (AvgIpc) is 2.88. The lowest BCUT2D eigenvalue weighted by molar-refractivity contribution is -0.128. The van der Waals surface area contributed by atoms with Gasteiger partial charge in [-0.3, -0.25) is 9.59 Å². The molecule has 2 amide bonds. The highest BCUT2D eigenvalue weighted by Crippen LogP contribution is 2.31. The van der Waals surface area contributed by atoms with Crippen molar-refractivity contribution in [1.29, 1.82) is 0 Å². The standard InChI is InChI=1S/C13H12N4O3/c14-11-5-9(16-20-11)8-3-1-2-4-10(8)17-7-12(18)15-6-13(17)19/h1-5H,6-7,14H2,(H,15,18). The molecule has 7 heteroatoms. The average molecular weight is 272 g/mol. The van der Waals surface area contributed by atoms with Gasteiger partial charge in [0.25, 0.3) is 0 Å². The first kappa shape index (κ1) is 12.2. The summed E-state index contributed by atoms with van der Waals surface area (Å²) in [5.74, 6) is -0.176. The molecule has 1 saturated heterocycles. The molecule has 1 aliphatic heterocycles. The van der Waals surface area contributed by atoms with Crippen molar-refractivity contribution in [2.45, 2.75) is 0 Å². The lowest BCUT2D eigenvalue weighted by Crippen LogP contribution is -2.51. The van der Waals surface area contributed by atoms with Gasteiger partial charge in [0.15, 0.2) is 0 Å². The van der Waals surface area contributed by atoms with Gasteiger partial charge in [-0.15, -0.1) is 0 Å². The van der Waals surface area contributed by atoms with E-state index in [1.165, 1.54) is 4.90 Å². The number of para-hydroxylation sites is 1. The zero-order valence-corrected chi connectivity index (χ0v) is 10.5. The molecule has 1 aromatic heterocycles. The molecule has 20 heavy (non-hydrogen) atoms. The van der Waals surface area contributed by atoms with Gasteiger partial charge >= 0.3 is 0 Å². The van der Waals surface area contributed by atoms with Gasteiger partial charge in [0.2, 0.25) is 17.7 Å². The van der Waals surface area contributed by atoms with Crippen molar-refractivity contribution < 1.29 is 14.1 Å². The maximum atomic E-state index is 12.0. The predicted molar refractivity (Wildman–Crippen MR) is 71.7 cm³/mol. The Balaban J connectivity index is 2.05. The third-order valence-electron chi connectivity index (χ3n) is 3.04. The number of benzene rings is 1. The molecule has 0 saturated carbocycles. The van der Waals surface area contributed by atoms with E-state index in [1.807, 2.05) is 6.07 Å². The van der Waals surface area contributed by atoms with E-state index in [0.717, 1.165) is 0 Å². The van der Waals surface area contributed by atoms with Crippen molar-refractivity contribution >= 4 is 23.4 Å². The Labute approximate surface area is 114 Å². The number of nitrogens with two attached hydrogens (primary N) is 1. The van der Waals surface area contributed by atoms with E-state index in [-0.39, 0.29) is 30.8 Å². The third kappa shape index (κ3) is 2.09. The maximum Gasteiger partial charge on any atom is 0.246 e. The van der Waals surface area contributed by atoms with E-state index < -0.39 is 0 Å². The highest BCUT2D eigenvalue weighted by atomic mass is 16.5. The summed E-state index contributed by atoms with van der Waals surface area (Å²) >= 11 is 0. The smallest absolute Gasteiger partial charge is 0.246 e. The van der Waals surface area contributed by atoms with E-state index in [0.29, 0.717) is 16.9 Å². The van der Waals surface area contributed by atoms with Crippen LogP contribution in [0.1, 0.15) is 0 Å². The monoisotopic (exact) mass is 272 g/mol. The van der Waals surface area contributed by atoms with E-state index in [4.69, 9.17) is 10.3 Å². The lowest BCUT2D eigenvalue weighted by Gasteiger charge is -2.28. The summed E-state index contributed by atoms with van der Waals surface area (Å²) in [6, 6.07) is 8.75. The first-order valence-corrected chi connectivity index (χ1v) is 6.04.